The van der Waals surface area contributed by atoms with E-state index in [1.807, 2.05) is 37.3 Å². The van der Waals surface area contributed by atoms with E-state index in [9.17, 15) is 22.4 Å². The van der Waals surface area contributed by atoms with Crippen molar-refractivity contribution in [3.05, 3.63) is 101 Å². The van der Waals surface area contributed by atoms with Crippen LogP contribution >= 0.6 is 11.6 Å². The lowest BCUT2D eigenvalue weighted by Crippen LogP contribution is -2.53. The molecular weight excluding hydrogens is 529 g/mol. The summed E-state index contributed by atoms with van der Waals surface area (Å²) in [5.41, 5.74) is 1.57. The van der Waals surface area contributed by atoms with E-state index in [-0.39, 0.29) is 29.6 Å². The summed E-state index contributed by atoms with van der Waals surface area (Å²) in [7, 11) is -3.92. The molecule has 0 saturated carbocycles. The first-order valence-electron chi connectivity index (χ1n) is 12.2. The fourth-order valence-electron chi connectivity index (χ4n) is 3.96. The highest BCUT2D eigenvalue weighted by Crippen LogP contribution is 2.27. The number of hydrogen-bond donors (Lipinski definition) is 1. The smallest absolute Gasteiger partial charge is 0.244 e. The Bertz CT molecular complexity index is 1340. The molecule has 7 nitrogen and oxygen atoms in total. The molecule has 10 heteroatoms. The number of carbonyl (C=O) groups is 2. The normalized spacial score (nSPS) is 12.0. The van der Waals surface area contributed by atoms with Crippen LogP contribution in [0.15, 0.2) is 78.9 Å². The maximum absolute atomic E-state index is 13.9. The molecule has 3 aromatic carbocycles. The highest BCUT2D eigenvalue weighted by Gasteiger charge is 2.33. The van der Waals surface area contributed by atoms with Gasteiger partial charge in [-0.15, -0.1) is 0 Å². The third-order valence-electron chi connectivity index (χ3n) is 5.89. The van der Waals surface area contributed by atoms with Crippen LogP contribution < -0.4 is 9.62 Å². The van der Waals surface area contributed by atoms with Gasteiger partial charge in [-0.1, -0.05) is 73.1 Å². The molecule has 38 heavy (non-hydrogen) atoms. The van der Waals surface area contributed by atoms with Crippen LogP contribution in [-0.4, -0.2) is 50.5 Å². The van der Waals surface area contributed by atoms with E-state index < -0.39 is 34.3 Å². The van der Waals surface area contributed by atoms with E-state index in [1.165, 1.54) is 41.3 Å². The van der Waals surface area contributed by atoms with Crippen LogP contribution in [0.5, 0.6) is 0 Å². The monoisotopic (exact) mass is 559 g/mol. The SMILES string of the molecule is CCCNC(=O)[C@@H](Cc1ccccc1)N(Cc1ccc(F)cc1)C(=O)CN(c1ccccc1Cl)S(C)(=O)=O. The fraction of sp³-hybridized carbons (Fsp3) is 0.286. The molecule has 0 aliphatic heterocycles. The van der Waals surface area contributed by atoms with Gasteiger partial charge < -0.3 is 10.2 Å². The van der Waals surface area contributed by atoms with Gasteiger partial charge in [-0.05, 0) is 41.8 Å². The number of halogens is 2. The first-order valence-corrected chi connectivity index (χ1v) is 14.4. The minimum Gasteiger partial charge on any atom is -0.354 e. The zero-order valence-electron chi connectivity index (χ0n) is 21.3. The fourth-order valence-corrected chi connectivity index (χ4v) is 5.10. The van der Waals surface area contributed by atoms with Gasteiger partial charge in [0.25, 0.3) is 0 Å². The van der Waals surface area contributed by atoms with Crippen molar-refractivity contribution in [1.29, 1.82) is 0 Å². The van der Waals surface area contributed by atoms with Crippen LogP contribution in [0.1, 0.15) is 24.5 Å². The van der Waals surface area contributed by atoms with Gasteiger partial charge in [-0.3, -0.25) is 13.9 Å². The van der Waals surface area contributed by atoms with Gasteiger partial charge in [0, 0.05) is 19.5 Å². The molecular formula is C28H31ClFN3O4S. The molecule has 0 unspecified atom stereocenters. The zero-order valence-corrected chi connectivity index (χ0v) is 22.9. The minimum absolute atomic E-state index is 0.0315. The third kappa shape index (κ3) is 8.03. The number of benzene rings is 3. The number of carbonyl (C=O) groups excluding carboxylic acids is 2. The molecule has 0 bridgehead atoms. The van der Waals surface area contributed by atoms with Crippen LogP contribution in [0.4, 0.5) is 10.1 Å². The van der Waals surface area contributed by atoms with Crippen LogP contribution in [0.25, 0.3) is 0 Å². The molecule has 0 spiro atoms. The Kier molecular flexibility index (Phi) is 10.3. The van der Waals surface area contributed by atoms with E-state index in [4.69, 9.17) is 11.6 Å². The summed E-state index contributed by atoms with van der Waals surface area (Å²) in [4.78, 5) is 28.6. The van der Waals surface area contributed by atoms with Crippen molar-refractivity contribution in [3.63, 3.8) is 0 Å². The minimum atomic E-state index is -3.92. The second-order valence-electron chi connectivity index (χ2n) is 8.87. The van der Waals surface area contributed by atoms with Crippen molar-refractivity contribution >= 4 is 39.1 Å². The summed E-state index contributed by atoms with van der Waals surface area (Å²) in [6.45, 7) is 1.73. The Morgan fingerprint density at radius 2 is 1.58 bits per heavy atom. The predicted octanol–water partition coefficient (Wildman–Crippen LogP) is 4.41. The van der Waals surface area contributed by atoms with Gasteiger partial charge in [-0.2, -0.15) is 0 Å². The van der Waals surface area contributed by atoms with Gasteiger partial charge in [0.15, 0.2) is 0 Å². The quantitative estimate of drug-likeness (QED) is 0.356. The summed E-state index contributed by atoms with van der Waals surface area (Å²) < 4.78 is 40.0. The van der Waals surface area contributed by atoms with Gasteiger partial charge in [-0.25, -0.2) is 12.8 Å². The Labute approximate surface area is 228 Å². The Morgan fingerprint density at radius 3 is 2.18 bits per heavy atom. The molecule has 3 aromatic rings. The summed E-state index contributed by atoms with van der Waals surface area (Å²) in [6.07, 6.45) is 1.89. The number of rotatable bonds is 12. The number of amides is 2. The number of nitrogens with zero attached hydrogens (tertiary/aromatic N) is 2. The number of nitrogens with one attached hydrogen (secondary N) is 1. The second kappa shape index (κ2) is 13.4. The molecule has 2 amide bonds. The molecule has 0 fully saturated rings. The molecule has 0 saturated heterocycles. The first kappa shape index (κ1) is 29.1. The molecule has 1 N–H and O–H groups in total. The molecule has 3 rings (SSSR count). The maximum atomic E-state index is 13.9. The summed E-state index contributed by atoms with van der Waals surface area (Å²) in [6, 6.07) is 20.2. The predicted molar refractivity (Wildman–Crippen MR) is 148 cm³/mol. The molecule has 0 radical (unpaired) electrons. The number of anilines is 1. The van der Waals surface area contributed by atoms with Crippen LogP contribution in [0.2, 0.25) is 5.02 Å². The van der Waals surface area contributed by atoms with Crippen molar-refractivity contribution in [2.75, 3.05) is 23.7 Å². The highest BCUT2D eigenvalue weighted by atomic mass is 35.5. The van der Waals surface area contributed by atoms with Crippen molar-refractivity contribution < 1.29 is 22.4 Å². The molecule has 0 aliphatic rings. The first-order chi connectivity index (χ1) is 18.1. The maximum Gasteiger partial charge on any atom is 0.244 e. The number of para-hydroxylation sites is 1. The third-order valence-corrected chi connectivity index (χ3v) is 7.33. The van der Waals surface area contributed by atoms with Crippen molar-refractivity contribution in [2.45, 2.75) is 32.4 Å². The van der Waals surface area contributed by atoms with Crippen molar-refractivity contribution in [2.24, 2.45) is 0 Å². The van der Waals surface area contributed by atoms with E-state index in [0.29, 0.717) is 18.5 Å². The molecule has 0 aromatic heterocycles. The average molecular weight is 560 g/mol. The highest BCUT2D eigenvalue weighted by molar-refractivity contribution is 7.92. The molecule has 1 atom stereocenters. The van der Waals surface area contributed by atoms with E-state index >= 15 is 0 Å². The van der Waals surface area contributed by atoms with Gasteiger partial charge in [0.05, 0.1) is 17.0 Å². The standard InChI is InChI=1S/C28H31ClFN3O4S/c1-3-17-31-28(35)26(18-21-9-5-4-6-10-21)32(19-22-13-15-23(30)16-14-22)27(34)20-33(38(2,36)37)25-12-8-7-11-24(25)29/h4-16,26H,3,17-20H2,1-2H3,(H,31,35)/t26-/m1/s1. The molecule has 0 aliphatic carbocycles. The van der Waals surface area contributed by atoms with E-state index in [0.717, 1.165) is 16.1 Å². The summed E-state index contributed by atoms with van der Waals surface area (Å²) in [5, 5.41) is 3.03. The Balaban J connectivity index is 2.04. The topological polar surface area (TPSA) is 86.8 Å². The summed E-state index contributed by atoms with van der Waals surface area (Å²) in [5.74, 6) is -1.41. The number of hydrogen-bond acceptors (Lipinski definition) is 4. The molecule has 202 valence electrons. The lowest BCUT2D eigenvalue weighted by Gasteiger charge is -2.33. The number of sulfonamides is 1. The van der Waals surface area contributed by atoms with Crippen molar-refractivity contribution in [3.8, 4) is 0 Å². The lowest BCUT2D eigenvalue weighted by atomic mass is 10.0. The van der Waals surface area contributed by atoms with Gasteiger partial charge in [0.1, 0.15) is 18.4 Å². The lowest BCUT2D eigenvalue weighted by molar-refractivity contribution is -0.140. The summed E-state index contributed by atoms with van der Waals surface area (Å²) >= 11 is 6.28. The van der Waals surface area contributed by atoms with Crippen LogP contribution in [0, 0.1) is 5.82 Å². The van der Waals surface area contributed by atoms with E-state index in [1.54, 1.807) is 12.1 Å². The molecule has 0 heterocycles. The van der Waals surface area contributed by atoms with Gasteiger partial charge in [0.2, 0.25) is 21.8 Å². The average Bonchev–Trinajstić information content (AvgIpc) is 2.89. The van der Waals surface area contributed by atoms with Crippen molar-refractivity contribution in [1.82, 2.24) is 10.2 Å². The Morgan fingerprint density at radius 1 is 0.947 bits per heavy atom. The zero-order chi connectivity index (χ0) is 27.7. The Hall–Kier alpha value is -3.43. The second-order valence-corrected chi connectivity index (χ2v) is 11.2. The van der Waals surface area contributed by atoms with Crippen LogP contribution in [0.3, 0.4) is 0 Å². The largest absolute Gasteiger partial charge is 0.354 e. The van der Waals surface area contributed by atoms with Crippen LogP contribution in [-0.2, 0) is 32.6 Å². The van der Waals surface area contributed by atoms with E-state index in [2.05, 4.69) is 5.32 Å². The van der Waals surface area contributed by atoms with Gasteiger partial charge >= 0.3 is 0 Å².